The molecule has 1 N–H and O–H groups in total. The maximum absolute atomic E-state index is 12.9. The Kier molecular flexibility index (Phi) is 10.2. The summed E-state index contributed by atoms with van der Waals surface area (Å²) in [7, 11) is -1.93. The van der Waals surface area contributed by atoms with Gasteiger partial charge in [-0.25, -0.2) is 9.46 Å². The summed E-state index contributed by atoms with van der Waals surface area (Å²) in [5.41, 5.74) is -0.539. The third-order valence-corrected chi connectivity index (χ3v) is 15.7. The SMILES string of the molecule is CC[C@H]1O[C@@H](n2cc(C)c(=O)[nH]c2=O)C(OCCOC)[C@H]1O[P@@]1O[C@H](C[Si](C)(c2ccccc2)c2ccccc2)[C@@H]2CCCN21. The van der Waals surface area contributed by atoms with Gasteiger partial charge in [-0.3, -0.25) is 14.3 Å². The van der Waals surface area contributed by atoms with Crippen molar-refractivity contribution in [1.82, 2.24) is 14.2 Å². The lowest BCUT2D eigenvalue weighted by molar-refractivity contribution is -0.0782. The van der Waals surface area contributed by atoms with Gasteiger partial charge >= 0.3 is 5.69 Å². The molecule has 1 unspecified atom stereocenters. The number of aromatic amines is 1. The first kappa shape index (κ1) is 32.5. The second-order valence-corrected chi connectivity index (χ2v) is 18.0. The number of aryl methyl sites for hydroxylation is 1. The van der Waals surface area contributed by atoms with Crippen molar-refractivity contribution in [2.45, 2.75) is 82.4 Å². The molecule has 3 aliphatic heterocycles. The van der Waals surface area contributed by atoms with E-state index >= 15 is 0 Å². The number of methoxy groups -OCH3 is 1. The first-order valence-corrected chi connectivity index (χ1v) is 19.8. The van der Waals surface area contributed by atoms with Crippen molar-refractivity contribution < 1.29 is 23.3 Å². The number of hydrogen-bond acceptors (Lipinski definition) is 8. The van der Waals surface area contributed by atoms with Gasteiger partial charge in [0.25, 0.3) is 14.1 Å². The summed E-state index contributed by atoms with van der Waals surface area (Å²) in [6.07, 6.45) is 2.22. The van der Waals surface area contributed by atoms with Crippen LogP contribution in [0.4, 0.5) is 0 Å². The lowest BCUT2D eigenvalue weighted by Gasteiger charge is -2.32. The van der Waals surface area contributed by atoms with E-state index in [9.17, 15) is 9.59 Å². The van der Waals surface area contributed by atoms with Gasteiger partial charge in [-0.1, -0.05) is 84.5 Å². The molecule has 3 aliphatic rings. The molecule has 0 bridgehead atoms. The molecular formula is C33H44N3O7PSi. The van der Waals surface area contributed by atoms with Gasteiger partial charge in [0.2, 0.25) is 0 Å². The third-order valence-electron chi connectivity index (χ3n) is 9.48. The molecule has 4 heterocycles. The second-order valence-electron chi connectivity index (χ2n) is 12.4. The molecule has 0 spiro atoms. The number of nitrogens with zero attached hydrogens (tertiary/aromatic N) is 2. The fourth-order valence-corrected chi connectivity index (χ4v) is 13.0. The van der Waals surface area contributed by atoms with Gasteiger partial charge in [-0.05, 0) is 32.2 Å². The zero-order chi connectivity index (χ0) is 31.6. The molecule has 1 aromatic heterocycles. The van der Waals surface area contributed by atoms with E-state index in [0.29, 0.717) is 25.2 Å². The van der Waals surface area contributed by atoms with Crippen LogP contribution in [-0.4, -0.2) is 79.6 Å². The van der Waals surface area contributed by atoms with Gasteiger partial charge < -0.3 is 23.3 Å². The Labute approximate surface area is 266 Å². The van der Waals surface area contributed by atoms with Gasteiger partial charge in [0.05, 0.1) is 25.4 Å². The molecule has 10 nitrogen and oxygen atoms in total. The van der Waals surface area contributed by atoms with E-state index < -0.39 is 46.3 Å². The average Bonchev–Trinajstić information content (AvgIpc) is 3.76. The summed E-state index contributed by atoms with van der Waals surface area (Å²) in [6, 6.07) is 23.0. The minimum atomic E-state index is -2.15. The number of rotatable bonds is 12. The third kappa shape index (κ3) is 6.55. The Bertz CT molecular complexity index is 1500. The molecule has 0 aliphatic carbocycles. The summed E-state index contributed by atoms with van der Waals surface area (Å²) < 4.78 is 35.8. The maximum Gasteiger partial charge on any atom is 0.330 e. The van der Waals surface area contributed by atoms with Crippen LogP contribution in [-0.2, 0) is 23.3 Å². The molecule has 45 heavy (non-hydrogen) atoms. The quantitative estimate of drug-likeness (QED) is 0.180. The Morgan fingerprint density at radius 2 is 1.69 bits per heavy atom. The van der Waals surface area contributed by atoms with E-state index in [1.807, 2.05) is 6.92 Å². The largest absolute Gasteiger partial charge is 0.382 e. The summed E-state index contributed by atoms with van der Waals surface area (Å²) in [6.45, 7) is 7.77. The summed E-state index contributed by atoms with van der Waals surface area (Å²) >= 11 is 0. The Hall–Kier alpha value is -2.47. The molecule has 0 saturated carbocycles. The maximum atomic E-state index is 12.9. The standard InChI is InChI=1S/C33H44N3O7PSi/c1-5-27-29(30(40-20-19-39-3)32(41-27)35-21-23(2)31(37)34-33(35)38)43-44-36-18-12-17-26(36)28(42-44)22-45(4,24-13-8-6-9-14-24)25-15-10-7-11-16-25/h6-11,13-16,21,26-30,32H,5,12,17-20,22H2,1-4H3,(H,34,37,38)/t26-,27+,28+,29-,30?,32+,44+/m0/s1. The van der Waals surface area contributed by atoms with Gasteiger partial charge in [-0.2, -0.15) is 0 Å². The second kappa shape index (κ2) is 14.1. The van der Waals surface area contributed by atoms with Crippen molar-refractivity contribution in [2.24, 2.45) is 0 Å². The van der Waals surface area contributed by atoms with Crippen LogP contribution in [0.5, 0.6) is 0 Å². The topological polar surface area (TPSA) is 104 Å². The van der Waals surface area contributed by atoms with Gasteiger partial charge in [0, 0.05) is 31.5 Å². The summed E-state index contributed by atoms with van der Waals surface area (Å²) in [5, 5.41) is 2.79. The van der Waals surface area contributed by atoms with Gasteiger partial charge in [-0.15, -0.1) is 0 Å². The summed E-state index contributed by atoms with van der Waals surface area (Å²) in [5.74, 6) is 0. The van der Waals surface area contributed by atoms with Crippen molar-refractivity contribution in [3.8, 4) is 0 Å². The Balaban J connectivity index is 1.28. The molecule has 7 atom stereocenters. The molecule has 3 saturated heterocycles. The van der Waals surface area contributed by atoms with E-state index in [4.69, 9.17) is 23.3 Å². The van der Waals surface area contributed by atoms with Crippen LogP contribution in [0.3, 0.4) is 0 Å². The first-order chi connectivity index (χ1) is 21.8. The number of benzene rings is 2. The van der Waals surface area contributed by atoms with Crippen molar-refractivity contribution >= 4 is 27.0 Å². The number of aromatic nitrogens is 2. The van der Waals surface area contributed by atoms with Crippen LogP contribution < -0.4 is 21.6 Å². The van der Waals surface area contributed by atoms with Gasteiger partial charge in [0.1, 0.15) is 20.3 Å². The van der Waals surface area contributed by atoms with E-state index in [2.05, 4.69) is 76.9 Å². The van der Waals surface area contributed by atoms with Crippen LogP contribution in [0, 0.1) is 6.92 Å². The number of fused-ring (bicyclic) bond motifs is 1. The predicted octanol–water partition coefficient (Wildman–Crippen LogP) is 3.55. The molecule has 6 rings (SSSR count). The fourth-order valence-electron chi connectivity index (χ4n) is 6.99. The van der Waals surface area contributed by atoms with Crippen LogP contribution in [0.1, 0.15) is 38.0 Å². The van der Waals surface area contributed by atoms with Crippen molar-refractivity contribution in [3.63, 3.8) is 0 Å². The lowest BCUT2D eigenvalue weighted by Crippen LogP contribution is -2.58. The zero-order valence-corrected chi connectivity index (χ0v) is 28.4. The van der Waals surface area contributed by atoms with E-state index in [0.717, 1.165) is 25.4 Å². The van der Waals surface area contributed by atoms with E-state index in [-0.39, 0.29) is 18.2 Å². The Morgan fingerprint density at radius 1 is 1.00 bits per heavy atom. The summed E-state index contributed by atoms with van der Waals surface area (Å²) in [4.78, 5) is 27.5. The monoisotopic (exact) mass is 653 g/mol. The highest BCUT2D eigenvalue weighted by molar-refractivity contribution is 7.45. The number of ether oxygens (including phenoxy) is 3. The molecule has 3 fully saturated rings. The normalized spacial score (nSPS) is 28.5. The lowest BCUT2D eigenvalue weighted by atomic mass is 10.1. The molecule has 12 heteroatoms. The average molecular weight is 654 g/mol. The van der Waals surface area contributed by atoms with Gasteiger partial charge in [0.15, 0.2) is 6.23 Å². The minimum absolute atomic E-state index is 0.0335. The predicted molar refractivity (Wildman–Crippen MR) is 177 cm³/mol. The van der Waals surface area contributed by atoms with Crippen molar-refractivity contribution in [3.05, 3.63) is 93.3 Å². The highest BCUT2D eigenvalue weighted by Gasteiger charge is 2.54. The molecule has 0 amide bonds. The molecule has 242 valence electrons. The molecule has 2 aromatic carbocycles. The van der Waals surface area contributed by atoms with Crippen molar-refractivity contribution in [2.75, 3.05) is 26.9 Å². The number of nitrogens with one attached hydrogen (secondary N) is 1. The van der Waals surface area contributed by atoms with Crippen molar-refractivity contribution in [1.29, 1.82) is 0 Å². The molecular weight excluding hydrogens is 609 g/mol. The molecule has 0 radical (unpaired) electrons. The smallest absolute Gasteiger partial charge is 0.330 e. The fraction of sp³-hybridized carbons (Fsp3) is 0.515. The highest BCUT2D eigenvalue weighted by Crippen LogP contribution is 2.59. The highest BCUT2D eigenvalue weighted by atomic mass is 31.2. The minimum Gasteiger partial charge on any atom is -0.382 e. The number of H-pyrrole nitrogens is 1. The van der Waals surface area contributed by atoms with E-state index in [1.54, 1.807) is 14.0 Å². The number of hydrogen-bond donors (Lipinski definition) is 1. The van der Waals surface area contributed by atoms with Crippen LogP contribution in [0.15, 0.2) is 76.4 Å². The van der Waals surface area contributed by atoms with Crippen LogP contribution >= 0.6 is 8.53 Å². The zero-order valence-electron chi connectivity index (χ0n) is 26.5. The van der Waals surface area contributed by atoms with Crippen LogP contribution in [0.25, 0.3) is 0 Å². The molecule has 3 aromatic rings. The van der Waals surface area contributed by atoms with Crippen LogP contribution in [0.2, 0.25) is 12.6 Å². The Morgan fingerprint density at radius 3 is 2.33 bits per heavy atom. The first-order valence-electron chi connectivity index (χ1n) is 15.9. The van der Waals surface area contributed by atoms with E-state index in [1.165, 1.54) is 21.1 Å².